The van der Waals surface area contributed by atoms with Gasteiger partial charge in [-0.15, -0.1) is 6.58 Å². The molecular formula is C13H18FNO2. The molecule has 0 amide bonds. The van der Waals surface area contributed by atoms with Crippen molar-refractivity contribution in [2.75, 3.05) is 13.2 Å². The predicted octanol–water partition coefficient (Wildman–Crippen LogP) is 1.73. The molecular weight excluding hydrogens is 221 g/mol. The van der Waals surface area contributed by atoms with Crippen molar-refractivity contribution < 1.29 is 14.2 Å². The summed E-state index contributed by atoms with van der Waals surface area (Å²) < 4.78 is 17.9. The fourth-order valence-electron chi connectivity index (χ4n) is 1.19. The van der Waals surface area contributed by atoms with Gasteiger partial charge in [-0.05, 0) is 31.2 Å². The molecule has 3 nitrogen and oxygen atoms in total. The molecule has 0 aromatic heterocycles. The van der Waals surface area contributed by atoms with Crippen LogP contribution < -0.4 is 10.1 Å². The zero-order valence-corrected chi connectivity index (χ0v) is 9.90. The molecule has 0 bridgehead atoms. The van der Waals surface area contributed by atoms with Gasteiger partial charge in [-0.2, -0.15) is 0 Å². The van der Waals surface area contributed by atoms with Crippen molar-refractivity contribution in [2.24, 2.45) is 0 Å². The lowest BCUT2D eigenvalue weighted by Gasteiger charge is -2.15. The van der Waals surface area contributed by atoms with Crippen LogP contribution in [0.1, 0.15) is 6.92 Å². The average Bonchev–Trinajstić information content (AvgIpc) is 2.35. The second-order valence-electron chi connectivity index (χ2n) is 3.85. The Morgan fingerprint density at radius 2 is 2.12 bits per heavy atom. The van der Waals surface area contributed by atoms with E-state index in [1.165, 1.54) is 24.3 Å². The lowest BCUT2D eigenvalue weighted by molar-refractivity contribution is 0.105. The number of benzene rings is 1. The molecule has 0 fully saturated rings. The summed E-state index contributed by atoms with van der Waals surface area (Å²) in [6.07, 6.45) is 1.15. The Balaban J connectivity index is 2.25. The molecule has 0 spiro atoms. The van der Waals surface area contributed by atoms with Crippen molar-refractivity contribution in [1.82, 2.24) is 5.32 Å². The molecule has 2 unspecified atom stereocenters. The lowest BCUT2D eigenvalue weighted by atomic mass is 10.3. The maximum Gasteiger partial charge on any atom is 0.123 e. The Hall–Kier alpha value is -1.39. The van der Waals surface area contributed by atoms with Gasteiger partial charge < -0.3 is 15.2 Å². The molecule has 17 heavy (non-hydrogen) atoms. The fourth-order valence-corrected chi connectivity index (χ4v) is 1.19. The maximum atomic E-state index is 12.6. The standard InChI is InChI=1S/C13H18FNO2/c1-3-10(2)15-8-12(16)9-17-13-6-4-11(14)5-7-13/h3-7,10,12,15-16H,1,8-9H2,2H3. The normalized spacial score (nSPS) is 14.1. The second-order valence-corrected chi connectivity index (χ2v) is 3.85. The molecule has 0 radical (unpaired) electrons. The first-order valence-electron chi connectivity index (χ1n) is 5.54. The molecule has 0 saturated heterocycles. The molecule has 94 valence electrons. The van der Waals surface area contributed by atoms with E-state index in [1.54, 1.807) is 6.08 Å². The Morgan fingerprint density at radius 1 is 1.47 bits per heavy atom. The van der Waals surface area contributed by atoms with E-state index in [9.17, 15) is 9.50 Å². The van der Waals surface area contributed by atoms with E-state index >= 15 is 0 Å². The van der Waals surface area contributed by atoms with Crippen LogP contribution in [0.25, 0.3) is 0 Å². The second kappa shape index (κ2) is 7.04. The van der Waals surface area contributed by atoms with Gasteiger partial charge in [-0.3, -0.25) is 0 Å². The highest BCUT2D eigenvalue weighted by Gasteiger charge is 2.06. The molecule has 1 rings (SSSR count). The van der Waals surface area contributed by atoms with Crippen LogP contribution in [0.15, 0.2) is 36.9 Å². The third kappa shape index (κ3) is 5.47. The SMILES string of the molecule is C=CC(C)NCC(O)COc1ccc(F)cc1. The van der Waals surface area contributed by atoms with Gasteiger partial charge in [0.15, 0.2) is 0 Å². The van der Waals surface area contributed by atoms with Gasteiger partial charge in [-0.1, -0.05) is 6.08 Å². The van der Waals surface area contributed by atoms with Crippen molar-refractivity contribution in [3.63, 3.8) is 0 Å². The lowest BCUT2D eigenvalue weighted by Crippen LogP contribution is -2.35. The van der Waals surface area contributed by atoms with E-state index in [1.807, 2.05) is 6.92 Å². The van der Waals surface area contributed by atoms with Crippen LogP contribution in [0.2, 0.25) is 0 Å². The summed E-state index contributed by atoms with van der Waals surface area (Å²) in [4.78, 5) is 0. The van der Waals surface area contributed by atoms with E-state index in [0.29, 0.717) is 12.3 Å². The number of aliphatic hydroxyl groups is 1. The smallest absolute Gasteiger partial charge is 0.123 e. The Morgan fingerprint density at radius 3 is 2.71 bits per heavy atom. The minimum absolute atomic E-state index is 0.149. The first-order valence-corrected chi connectivity index (χ1v) is 5.54. The first kappa shape index (κ1) is 13.7. The maximum absolute atomic E-state index is 12.6. The van der Waals surface area contributed by atoms with Gasteiger partial charge in [0, 0.05) is 12.6 Å². The van der Waals surface area contributed by atoms with Gasteiger partial charge in [0.05, 0.1) is 0 Å². The van der Waals surface area contributed by atoms with Gasteiger partial charge in [0.2, 0.25) is 0 Å². The zero-order chi connectivity index (χ0) is 12.7. The van der Waals surface area contributed by atoms with Crippen LogP contribution in [0.5, 0.6) is 5.75 Å². The summed E-state index contributed by atoms with van der Waals surface area (Å²) in [5.74, 6) is 0.238. The summed E-state index contributed by atoms with van der Waals surface area (Å²) in [6, 6.07) is 5.85. The molecule has 0 aliphatic carbocycles. The van der Waals surface area contributed by atoms with Crippen molar-refractivity contribution in [1.29, 1.82) is 0 Å². The third-order valence-corrected chi connectivity index (χ3v) is 2.29. The van der Waals surface area contributed by atoms with Gasteiger partial charge >= 0.3 is 0 Å². The van der Waals surface area contributed by atoms with Gasteiger partial charge in [-0.25, -0.2) is 4.39 Å². The van der Waals surface area contributed by atoms with Crippen LogP contribution in [0.4, 0.5) is 4.39 Å². The largest absolute Gasteiger partial charge is 0.491 e. The van der Waals surface area contributed by atoms with Gasteiger partial charge in [0.25, 0.3) is 0 Å². The predicted molar refractivity (Wildman–Crippen MR) is 65.6 cm³/mol. The van der Waals surface area contributed by atoms with Crippen molar-refractivity contribution in [3.8, 4) is 5.75 Å². The molecule has 0 saturated carbocycles. The summed E-state index contributed by atoms with van der Waals surface area (Å²) in [6.45, 7) is 6.17. The Labute approximate surface area is 101 Å². The highest BCUT2D eigenvalue weighted by Crippen LogP contribution is 2.11. The monoisotopic (exact) mass is 239 g/mol. The van der Waals surface area contributed by atoms with Crippen molar-refractivity contribution >= 4 is 0 Å². The zero-order valence-electron chi connectivity index (χ0n) is 9.90. The molecule has 0 aliphatic rings. The van der Waals surface area contributed by atoms with E-state index in [0.717, 1.165) is 0 Å². The van der Waals surface area contributed by atoms with E-state index in [-0.39, 0.29) is 18.5 Å². The number of aliphatic hydroxyl groups excluding tert-OH is 1. The van der Waals surface area contributed by atoms with Crippen molar-refractivity contribution in [3.05, 3.63) is 42.7 Å². The molecule has 2 atom stereocenters. The highest BCUT2D eigenvalue weighted by molar-refractivity contribution is 5.22. The topological polar surface area (TPSA) is 41.5 Å². The van der Waals surface area contributed by atoms with Gasteiger partial charge in [0.1, 0.15) is 24.3 Å². The summed E-state index contributed by atoms with van der Waals surface area (Å²) in [5, 5.41) is 12.7. The van der Waals surface area contributed by atoms with Crippen LogP contribution >= 0.6 is 0 Å². The number of rotatable bonds is 7. The number of hydrogen-bond donors (Lipinski definition) is 2. The molecule has 0 aliphatic heterocycles. The minimum Gasteiger partial charge on any atom is -0.491 e. The fraction of sp³-hybridized carbons (Fsp3) is 0.385. The van der Waals surface area contributed by atoms with Crippen molar-refractivity contribution in [2.45, 2.75) is 19.1 Å². The number of halogens is 1. The minimum atomic E-state index is -0.609. The Kier molecular flexibility index (Phi) is 5.66. The van der Waals surface area contributed by atoms with E-state index in [2.05, 4.69) is 11.9 Å². The first-order chi connectivity index (χ1) is 8.11. The third-order valence-electron chi connectivity index (χ3n) is 2.29. The Bertz CT molecular complexity index is 340. The molecule has 2 N–H and O–H groups in total. The van der Waals surface area contributed by atoms with E-state index < -0.39 is 6.10 Å². The molecule has 1 aromatic rings. The molecule has 4 heteroatoms. The molecule has 0 heterocycles. The highest BCUT2D eigenvalue weighted by atomic mass is 19.1. The summed E-state index contributed by atoms with van der Waals surface area (Å²) in [5.41, 5.74) is 0. The average molecular weight is 239 g/mol. The quantitative estimate of drug-likeness (QED) is 0.712. The van der Waals surface area contributed by atoms with Crippen LogP contribution in [0.3, 0.4) is 0 Å². The molecule has 1 aromatic carbocycles. The van der Waals surface area contributed by atoms with Crippen LogP contribution in [-0.4, -0.2) is 30.4 Å². The number of ether oxygens (including phenoxy) is 1. The number of hydrogen-bond acceptors (Lipinski definition) is 3. The summed E-state index contributed by atoms with van der Waals surface area (Å²) >= 11 is 0. The van der Waals surface area contributed by atoms with Crippen LogP contribution in [0, 0.1) is 5.82 Å². The summed E-state index contributed by atoms with van der Waals surface area (Å²) in [7, 11) is 0. The number of nitrogens with one attached hydrogen (secondary N) is 1. The van der Waals surface area contributed by atoms with Crippen LogP contribution in [-0.2, 0) is 0 Å². The van der Waals surface area contributed by atoms with E-state index in [4.69, 9.17) is 4.74 Å².